The Hall–Kier alpha value is -4.69. The summed E-state index contributed by atoms with van der Waals surface area (Å²) in [5.41, 5.74) is 0.548. The lowest BCUT2D eigenvalue weighted by atomic mass is 10.1. The molecule has 0 radical (unpaired) electrons. The zero-order chi connectivity index (χ0) is 31.9. The van der Waals surface area contributed by atoms with Crippen LogP contribution >= 0.6 is 0 Å². The van der Waals surface area contributed by atoms with Crippen LogP contribution in [0.25, 0.3) is 0 Å². The molecule has 2 aromatic rings. The van der Waals surface area contributed by atoms with Crippen LogP contribution in [0.2, 0.25) is 0 Å². The van der Waals surface area contributed by atoms with Crippen molar-refractivity contribution in [1.82, 2.24) is 30.1 Å². The third-order valence-corrected chi connectivity index (χ3v) is 6.85. The molecule has 12 nitrogen and oxygen atoms in total. The highest BCUT2D eigenvalue weighted by Crippen LogP contribution is 2.31. The predicted molar refractivity (Wildman–Crippen MR) is 153 cm³/mol. The molecule has 0 bridgehead atoms. The Morgan fingerprint density at radius 3 is 2.30 bits per heavy atom. The van der Waals surface area contributed by atoms with Crippen molar-refractivity contribution in [2.24, 2.45) is 5.10 Å². The van der Waals surface area contributed by atoms with E-state index in [4.69, 9.17) is 0 Å². The fourth-order valence-corrected chi connectivity index (χ4v) is 4.57. The van der Waals surface area contributed by atoms with Gasteiger partial charge in [-0.1, -0.05) is 6.92 Å². The molecule has 1 aliphatic rings. The van der Waals surface area contributed by atoms with Crippen LogP contribution in [0.3, 0.4) is 0 Å². The summed E-state index contributed by atoms with van der Waals surface area (Å²) in [5.74, 6) is -2.05. The Morgan fingerprint density at radius 1 is 1.09 bits per heavy atom. The van der Waals surface area contributed by atoms with Gasteiger partial charge in [0, 0.05) is 50.8 Å². The number of piperazine rings is 1. The number of amides is 3. The van der Waals surface area contributed by atoms with Crippen molar-refractivity contribution in [3.63, 3.8) is 0 Å². The predicted octanol–water partition coefficient (Wildman–Crippen LogP) is 2.89. The maximum absolute atomic E-state index is 13.8. The molecular formula is C28H35F3N8O4. The standard InChI is InChI=1S/C28H35F3N8O4/c1-6-20(33-7-2)24(37-10-12-38(13-11-37)26(42)23-25(41)18(4)34-16-35-23)27(43)39(32-5)15-22(40)36-21-9-8-19(14-17(21)3)28(29,30)31/h8-9,14,16,33,41H,5-7,10-13,15H2,1-4H3,(H,36,40)/b24-20+. The molecule has 0 atom stereocenters. The number of anilines is 1. The number of hydrogen-bond donors (Lipinski definition) is 3. The molecule has 1 aromatic carbocycles. The lowest BCUT2D eigenvalue weighted by Crippen LogP contribution is -2.51. The van der Waals surface area contributed by atoms with Crippen LogP contribution in [-0.4, -0.2) is 93.6 Å². The summed E-state index contributed by atoms with van der Waals surface area (Å²) in [7, 11) is 0. The third-order valence-electron chi connectivity index (χ3n) is 6.85. The Bertz CT molecular complexity index is 1400. The van der Waals surface area contributed by atoms with Gasteiger partial charge < -0.3 is 25.5 Å². The number of hydrogen-bond acceptors (Lipinski definition) is 9. The summed E-state index contributed by atoms with van der Waals surface area (Å²) >= 11 is 0. The van der Waals surface area contributed by atoms with Gasteiger partial charge in [0.2, 0.25) is 5.91 Å². The van der Waals surface area contributed by atoms with Crippen LogP contribution in [-0.2, 0) is 15.8 Å². The minimum atomic E-state index is -4.52. The van der Waals surface area contributed by atoms with Crippen molar-refractivity contribution in [3.8, 4) is 5.75 Å². The number of alkyl halides is 3. The number of benzene rings is 1. The molecule has 1 fully saturated rings. The number of carbonyl (C=O) groups is 3. The summed E-state index contributed by atoms with van der Waals surface area (Å²) < 4.78 is 39.1. The van der Waals surface area contributed by atoms with Gasteiger partial charge in [-0.15, -0.1) is 0 Å². The molecule has 0 unspecified atom stereocenters. The van der Waals surface area contributed by atoms with Crippen molar-refractivity contribution >= 4 is 30.1 Å². The SMILES string of the molecule is C=NN(CC(=O)Nc1ccc(C(F)(F)F)cc1C)C(=O)/C(=C(/CC)NCC)N1CCN(C(=O)c2ncnc(C)c2O)CC1. The molecule has 1 aromatic heterocycles. The van der Waals surface area contributed by atoms with E-state index < -0.39 is 36.0 Å². The van der Waals surface area contributed by atoms with Crippen molar-refractivity contribution < 1.29 is 32.7 Å². The molecular weight excluding hydrogens is 569 g/mol. The molecule has 2 heterocycles. The highest BCUT2D eigenvalue weighted by atomic mass is 19.4. The molecule has 3 N–H and O–H groups in total. The number of aromatic nitrogens is 2. The number of aromatic hydroxyl groups is 1. The maximum Gasteiger partial charge on any atom is 0.416 e. The second kappa shape index (κ2) is 14.0. The highest BCUT2D eigenvalue weighted by molar-refractivity contribution is 5.99. The van der Waals surface area contributed by atoms with Crippen LogP contribution in [0.15, 0.2) is 41.0 Å². The Kier molecular flexibility index (Phi) is 10.7. The van der Waals surface area contributed by atoms with Gasteiger partial charge in [0.05, 0.1) is 11.3 Å². The van der Waals surface area contributed by atoms with E-state index in [1.807, 2.05) is 13.8 Å². The van der Waals surface area contributed by atoms with E-state index in [0.29, 0.717) is 18.7 Å². The van der Waals surface area contributed by atoms with E-state index in [2.05, 4.69) is 32.4 Å². The largest absolute Gasteiger partial charge is 0.504 e. The van der Waals surface area contributed by atoms with E-state index in [1.54, 1.807) is 11.8 Å². The van der Waals surface area contributed by atoms with E-state index >= 15 is 0 Å². The zero-order valence-corrected chi connectivity index (χ0v) is 24.5. The average molecular weight is 605 g/mol. The summed E-state index contributed by atoms with van der Waals surface area (Å²) in [5, 5.41) is 20.6. The van der Waals surface area contributed by atoms with E-state index in [0.717, 1.165) is 23.2 Å². The van der Waals surface area contributed by atoms with Crippen LogP contribution in [0.5, 0.6) is 5.75 Å². The first-order valence-corrected chi connectivity index (χ1v) is 13.6. The zero-order valence-electron chi connectivity index (χ0n) is 24.5. The summed E-state index contributed by atoms with van der Waals surface area (Å²) in [4.78, 5) is 50.8. The van der Waals surface area contributed by atoms with E-state index in [1.165, 1.54) is 18.2 Å². The molecule has 0 spiro atoms. The second-order valence-corrected chi connectivity index (χ2v) is 9.73. The van der Waals surface area contributed by atoms with Gasteiger partial charge in [0.25, 0.3) is 11.8 Å². The lowest BCUT2D eigenvalue weighted by Gasteiger charge is -2.38. The lowest BCUT2D eigenvalue weighted by molar-refractivity contribution is -0.137. The number of allylic oxidation sites excluding steroid dienone is 1. The molecule has 1 aliphatic heterocycles. The van der Waals surface area contributed by atoms with Gasteiger partial charge in [-0.3, -0.25) is 14.4 Å². The highest BCUT2D eigenvalue weighted by Gasteiger charge is 2.33. The number of aryl methyl sites for hydroxylation is 2. The first-order chi connectivity index (χ1) is 20.3. The van der Waals surface area contributed by atoms with Crippen molar-refractivity contribution in [3.05, 3.63) is 58.4 Å². The number of halogens is 3. The fourth-order valence-electron chi connectivity index (χ4n) is 4.57. The van der Waals surface area contributed by atoms with Gasteiger partial charge in [0.1, 0.15) is 18.6 Å². The molecule has 0 saturated carbocycles. The van der Waals surface area contributed by atoms with Gasteiger partial charge in [0.15, 0.2) is 11.4 Å². The molecule has 3 rings (SSSR count). The second-order valence-electron chi connectivity index (χ2n) is 9.73. The minimum absolute atomic E-state index is 0.106. The monoisotopic (exact) mass is 604 g/mol. The number of carbonyl (C=O) groups excluding carboxylic acids is 3. The number of nitrogens with zero attached hydrogens (tertiary/aromatic N) is 6. The number of nitrogens with one attached hydrogen (secondary N) is 2. The minimum Gasteiger partial charge on any atom is -0.504 e. The normalized spacial score (nSPS) is 14.1. The molecule has 232 valence electrons. The molecule has 3 amide bonds. The molecule has 43 heavy (non-hydrogen) atoms. The first-order valence-electron chi connectivity index (χ1n) is 13.6. The third kappa shape index (κ3) is 7.78. The van der Waals surface area contributed by atoms with Gasteiger partial charge in [-0.05, 0) is 51.0 Å². The molecule has 1 saturated heterocycles. The topological polar surface area (TPSA) is 143 Å². The Balaban J connectivity index is 1.77. The smallest absolute Gasteiger partial charge is 0.416 e. The van der Waals surface area contributed by atoms with Crippen molar-refractivity contribution in [2.45, 2.75) is 40.3 Å². The maximum atomic E-state index is 13.8. The van der Waals surface area contributed by atoms with Crippen LogP contribution in [0.4, 0.5) is 18.9 Å². The summed E-state index contributed by atoms with van der Waals surface area (Å²) in [6.07, 6.45) is -2.87. The first kappa shape index (κ1) is 32.8. The van der Waals surface area contributed by atoms with Crippen LogP contribution < -0.4 is 10.6 Å². The summed E-state index contributed by atoms with van der Waals surface area (Å²) in [6.45, 7) is 11.1. The quantitative estimate of drug-likeness (QED) is 0.214. The molecule has 15 heteroatoms. The van der Waals surface area contributed by atoms with Crippen molar-refractivity contribution in [1.29, 1.82) is 0 Å². The fraction of sp³-hybridized carbons (Fsp3) is 0.429. The number of rotatable bonds is 10. The van der Waals surface area contributed by atoms with Crippen LogP contribution in [0.1, 0.15) is 47.6 Å². The summed E-state index contributed by atoms with van der Waals surface area (Å²) in [6, 6.07) is 2.94. The average Bonchev–Trinajstić information content (AvgIpc) is 2.97. The van der Waals surface area contributed by atoms with E-state index in [9.17, 15) is 32.7 Å². The Morgan fingerprint density at radius 2 is 1.74 bits per heavy atom. The van der Waals surface area contributed by atoms with E-state index in [-0.39, 0.29) is 60.3 Å². The molecule has 0 aliphatic carbocycles. The van der Waals surface area contributed by atoms with Gasteiger partial charge in [-0.25, -0.2) is 15.0 Å². The van der Waals surface area contributed by atoms with Gasteiger partial charge in [-0.2, -0.15) is 18.3 Å². The van der Waals surface area contributed by atoms with Crippen molar-refractivity contribution in [2.75, 3.05) is 44.6 Å². The Labute approximate surface area is 247 Å². The number of hydrazone groups is 1. The van der Waals surface area contributed by atoms with Crippen LogP contribution in [0, 0.1) is 13.8 Å². The van der Waals surface area contributed by atoms with Gasteiger partial charge >= 0.3 is 6.18 Å².